The summed E-state index contributed by atoms with van der Waals surface area (Å²) >= 11 is 0. The van der Waals surface area contributed by atoms with Crippen LogP contribution in [0.5, 0.6) is 0 Å². The number of carbonyl (C=O) groups excluding carboxylic acids is 1. The molecule has 0 fully saturated rings. The van der Waals surface area contributed by atoms with E-state index in [1.165, 1.54) is 0 Å². The second-order valence-corrected chi connectivity index (χ2v) is 8.26. The van der Waals surface area contributed by atoms with E-state index in [1.807, 2.05) is 19.1 Å². The van der Waals surface area contributed by atoms with Crippen molar-refractivity contribution < 1.29 is 13.2 Å². The highest BCUT2D eigenvalue weighted by atomic mass is 32.2. The molecule has 0 saturated heterocycles. The van der Waals surface area contributed by atoms with Crippen LogP contribution in [-0.2, 0) is 22.9 Å². The van der Waals surface area contributed by atoms with Crippen molar-refractivity contribution in [3.63, 3.8) is 0 Å². The van der Waals surface area contributed by atoms with Crippen molar-refractivity contribution in [1.82, 2.24) is 5.32 Å². The molecule has 0 radical (unpaired) electrons. The van der Waals surface area contributed by atoms with Gasteiger partial charge in [0.1, 0.15) is 0 Å². The zero-order chi connectivity index (χ0) is 19.4. The van der Waals surface area contributed by atoms with Crippen molar-refractivity contribution in [1.29, 1.82) is 0 Å². The van der Waals surface area contributed by atoms with E-state index in [-0.39, 0.29) is 10.9 Å². The van der Waals surface area contributed by atoms with Gasteiger partial charge < -0.3 is 5.32 Å². The van der Waals surface area contributed by atoms with Crippen molar-refractivity contribution in [3.8, 4) is 0 Å². The van der Waals surface area contributed by atoms with Gasteiger partial charge in [0.2, 0.25) is 0 Å². The molecule has 1 aliphatic heterocycles. The van der Waals surface area contributed by atoms with Gasteiger partial charge in [0.15, 0.2) is 0 Å². The number of amides is 2. The number of benzene rings is 2. The molecule has 3 rings (SSSR count). The minimum absolute atomic E-state index is 0.139. The van der Waals surface area contributed by atoms with E-state index in [1.54, 1.807) is 35.2 Å². The fraction of sp³-hybridized carbons (Fsp3) is 0.350. The number of nitrogens with one attached hydrogen (secondary N) is 2. The molecule has 1 aliphatic rings. The molecule has 2 aromatic rings. The first-order valence-electron chi connectivity index (χ1n) is 9.24. The number of hydrogen-bond acceptors (Lipinski definition) is 3. The van der Waals surface area contributed by atoms with Crippen molar-refractivity contribution in [2.45, 2.75) is 38.0 Å². The Kier molecular flexibility index (Phi) is 5.70. The average molecular weight is 388 g/mol. The number of anilines is 2. The fourth-order valence-electron chi connectivity index (χ4n) is 3.11. The maximum atomic E-state index is 12.7. The molecule has 0 spiro atoms. The van der Waals surface area contributed by atoms with Gasteiger partial charge in [-0.3, -0.25) is 9.62 Å². The zero-order valence-electron chi connectivity index (χ0n) is 15.7. The molecule has 2 aromatic carbocycles. The lowest BCUT2D eigenvalue weighted by molar-refractivity contribution is 0.247. The SMILES string of the molecule is CCCNC(=O)N1CCc2cc(S(=O)(=O)Nc3ccc(CC)cc3)ccc21. The van der Waals surface area contributed by atoms with E-state index >= 15 is 0 Å². The number of aryl methyl sites for hydroxylation is 1. The van der Waals surface area contributed by atoms with Crippen LogP contribution in [0.1, 0.15) is 31.4 Å². The normalized spacial score (nSPS) is 13.3. The standard InChI is InChI=1S/C20H25N3O3S/c1-3-12-21-20(24)23-13-11-16-14-18(9-10-19(16)23)27(25,26)22-17-7-5-15(4-2)6-8-17/h5-10,14,22H,3-4,11-13H2,1-2H3,(H,21,24). The van der Waals surface area contributed by atoms with E-state index < -0.39 is 10.0 Å². The number of carbonyl (C=O) groups is 1. The number of fused-ring (bicyclic) bond motifs is 1. The van der Waals surface area contributed by atoms with Gasteiger partial charge >= 0.3 is 6.03 Å². The van der Waals surface area contributed by atoms with Gasteiger partial charge in [-0.05, 0) is 60.7 Å². The summed E-state index contributed by atoms with van der Waals surface area (Å²) in [4.78, 5) is 14.1. The third-order valence-electron chi connectivity index (χ3n) is 4.64. The highest BCUT2D eigenvalue weighted by Gasteiger charge is 2.26. The van der Waals surface area contributed by atoms with Crippen LogP contribution in [0, 0.1) is 0 Å². The molecule has 0 bridgehead atoms. The first-order valence-corrected chi connectivity index (χ1v) is 10.7. The number of nitrogens with zero attached hydrogens (tertiary/aromatic N) is 1. The molecule has 27 heavy (non-hydrogen) atoms. The highest BCUT2D eigenvalue weighted by Crippen LogP contribution is 2.30. The predicted molar refractivity (Wildman–Crippen MR) is 108 cm³/mol. The summed E-state index contributed by atoms with van der Waals surface area (Å²) in [6.07, 6.45) is 2.41. The van der Waals surface area contributed by atoms with Crippen LogP contribution in [0.25, 0.3) is 0 Å². The van der Waals surface area contributed by atoms with Crippen molar-refractivity contribution in [2.75, 3.05) is 22.7 Å². The van der Waals surface area contributed by atoms with Gasteiger partial charge in [0.05, 0.1) is 4.90 Å². The Labute approximate surface area is 160 Å². The molecule has 0 aliphatic carbocycles. The Hall–Kier alpha value is -2.54. The Balaban J connectivity index is 1.78. The van der Waals surface area contributed by atoms with Crippen LogP contribution in [-0.4, -0.2) is 27.5 Å². The molecule has 2 amide bonds. The van der Waals surface area contributed by atoms with Gasteiger partial charge in [-0.15, -0.1) is 0 Å². The zero-order valence-corrected chi connectivity index (χ0v) is 16.5. The third kappa shape index (κ3) is 4.24. The third-order valence-corrected chi connectivity index (χ3v) is 6.02. The largest absolute Gasteiger partial charge is 0.338 e. The van der Waals surface area contributed by atoms with E-state index in [0.29, 0.717) is 25.2 Å². The predicted octanol–water partition coefficient (Wildman–Crippen LogP) is 3.53. The fourth-order valence-corrected chi connectivity index (χ4v) is 4.22. The average Bonchev–Trinajstić information content (AvgIpc) is 3.10. The molecule has 0 unspecified atom stereocenters. The molecule has 2 N–H and O–H groups in total. The number of urea groups is 1. The quantitative estimate of drug-likeness (QED) is 0.796. The second-order valence-electron chi connectivity index (χ2n) is 6.58. The second kappa shape index (κ2) is 8.00. The summed E-state index contributed by atoms with van der Waals surface area (Å²) < 4.78 is 28.0. The van der Waals surface area contributed by atoms with Crippen LogP contribution in [0.15, 0.2) is 47.4 Å². The molecule has 0 aromatic heterocycles. The summed E-state index contributed by atoms with van der Waals surface area (Å²) in [7, 11) is -3.68. The van der Waals surface area contributed by atoms with Gasteiger partial charge in [-0.2, -0.15) is 0 Å². The number of sulfonamides is 1. The van der Waals surface area contributed by atoms with Crippen LogP contribution >= 0.6 is 0 Å². The van der Waals surface area contributed by atoms with Gasteiger partial charge in [0.25, 0.3) is 10.0 Å². The Morgan fingerprint density at radius 1 is 1.11 bits per heavy atom. The lowest BCUT2D eigenvalue weighted by atomic mass is 10.2. The van der Waals surface area contributed by atoms with E-state index in [0.717, 1.165) is 29.7 Å². The van der Waals surface area contributed by atoms with Crippen LogP contribution in [0.2, 0.25) is 0 Å². The molecule has 0 saturated carbocycles. The molecule has 0 atom stereocenters. The lowest BCUT2D eigenvalue weighted by Gasteiger charge is -2.18. The lowest BCUT2D eigenvalue weighted by Crippen LogP contribution is -2.39. The summed E-state index contributed by atoms with van der Waals surface area (Å²) in [5.74, 6) is 0. The first-order chi connectivity index (χ1) is 12.9. The van der Waals surface area contributed by atoms with Crippen molar-refractivity contribution in [3.05, 3.63) is 53.6 Å². The van der Waals surface area contributed by atoms with E-state index in [4.69, 9.17) is 0 Å². The molecular formula is C20H25N3O3S. The summed E-state index contributed by atoms with van der Waals surface area (Å²) in [5, 5.41) is 2.86. The smallest absolute Gasteiger partial charge is 0.321 e. The maximum Gasteiger partial charge on any atom is 0.321 e. The summed E-state index contributed by atoms with van der Waals surface area (Å²) in [6, 6.07) is 12.1. The Bertz CT molecular complexity index is 924. The topological polar surface area (TPSA) is 78.5 Å². The van der Waals surface area contributed by atoms with Crippen LogP contribution in [0.3, 0.4) is 0 Å². The van der Waals surface area contributed by atoms with Crippen molar-refractivity contribution >= 4 is 27.4 Å². The molecule has 7 heteroatoms. The number of hydrogen-bond donors (Lipinski definition) is 2. The van der Waals surface area contributed by atoms with Gasteiger partial charge in [-0.25, -0.2) is 13.2 Å². The van der Waals surface area contributed by atoms with Gasteiger partial charge in [0, 0.05) is 24.5 Å². The molecule has 144 valence electrons. The minimum Gasteiger partial charge on any atom is -0.338 e. The monoisotopic (exact) mass is 387 g/mol. The molecular weight excluding hydrogens is 362 g/mol. The molecule has 1 heterocycles. The summed E-state index contributed by atoms with van der Waals surface area (Å²) in [5.41, 5.74) is 3.32. The van der Waals surface area contributed by atoms with Crippen LogP contribution < -0.4 is 14.9 Å². The van der Waals surface area contributed by atoms with Crippen LogP contribution in [0.4, 0.5) is 16.2 Å². The summed E-state index contributed by atoms with van der Waals surface area (Å²) in [6.45, 7) is 5.23. The van der Waals surface area contributed by atoms with Crippen molar-refractivity contribution in [2.24, 2.45) is 0 Å². The minimum atomic E-state index is -3.68. The molecule has 6 nitrogen and oxygen atoms in total. The maximum absolute atomic E-state index is 12.7. The number of rotatable bonds is 6. The first kappa shape index (κ1) is 19.2. The van der Waals surface area contributed by atoms with Gasteiger partial charge in [-0.1, -0.05) is 26.0 Å². The van der Waals surface area contributed by atoms with E-state index in [9.17, 15) is 13.2 Å². The Morgan fingerprint density at radius 3 is 2.52 bits per heavy atom. The Morgan fingerprint density at radius 2 is 1.85 bits per heavy atom. The van der Waals surface area contributed by atoms with E-state index in [2.05, 4.69) is 17.0 Å². The highest BCUT2D eigenvalue weighted by molar-refractivity contribution is 7.92.